The van der Waals surface area contributed by atoms with Crippen molar-refractivity contribution in [2.45, 2.75) is 13.0 Å². The number of nitrogen functional groups attached to an aromatic ring is 1. The number of hydrogen-bond donors (Lipinski definition) is 1. The number of anilines is 2. The van der Waals surface area contributed by atoms with E-state index in [1.54, 1.807) is 13.3 Å². The van der Waals surface area contributed by atoms with Gasteiger partial charge in [0.1, 0.15) is 0 Å². The van der Waals surface area contributed by atoms with Gasteiger partial charge in [-0.3, -0.25) is 0 Å². The van der Waals surface area contributed by atoms with Crippen LogP contribution in [0.1, 0.15) is 11.1 Å². The summed E-state index contributed by atoms with van der Waals surface area (Å²) in [5, 5.41) is 0. The third-order valence-electron chi connectivity index (χ3n) is 3.52. The number of rotatable bonds is 3. The summed E-state index contributed by atoms with van der Waals surface area (Å²) in [6, 6.07) is 10.1. The fourth-order valence-electron chi connectivity index (χ4n) is 2.66. The largest absolute Gasteiger partial charge is 0.481 e. The highest BCUT2D eigenvalue weighted by Gasteiger charge is 2.22. The Morgan fingerprint density at radius 1 is 1.32 bits per heavy atom. The summed E-state index contributed by atoms with van der Waals surface area (Å²) in [5.41, 5.74) is 10.5. The molecule has 1 aliphatic heterocycles. The van der Waals surface area contributed by atoms with E-state index in [1.807, 2.05) is 24.3 Å². The molecule has 0 bridgehead atoms. The molecule has 0 amide bonds. The number of hydrogen-bond acceptors (Lipinski definition) is 4. The van der Waals surface area contributed by atoms with Crippen molar-refractivity contribution >= 4 is 11.4 Å². The van der Waals surface area contributed by atoms with Crippen LogP contribution in [0, 0.1) is 0 Å². The van der Waals surface area contributed by atoms with Gasteiger partial charge in [-0.1, -0.05) is 18.2 Å². The van der Waals surface area contributed by atoms with Crippen molar-refractivity contribution in [2.75, 3.05) is 24.3 Å². The van der Waals surface area contributed by atoms with E-state index in [4.69, 9.17) is 10.5 Å². The summed E-state index contributed by atoms with van der Waals surface area (Å²) in [7, 11) is 1.65. The molecule has 4 nitrogen and oxygen atoms in total. The minimum atomic E-state index is 0.686. The molecule has 2 N–H and O–H groups in total. The van der Waals surface area contributed by atoms with Gasteiger partial charge in [0, 0.05) is 24.8 Å². The van der Waals surface area contributed by atoms with Crippen LogP contribution in [0.3, 0.4) is 0 Å². The summed E-state index contributed by atoms with van der Waals surface area (Å²) < 4.78 is 5.30. The van der Waals surface area contributed by atoms with Crippen molar-refractivity contribution in [3.8, 4) is 5.88 Å². The van der Waals surface area contributed by atoms with Crippen LogP contribution in [0.15, 0.2) is 36.5 Å². The molecule has 2 heterocycles. The third kappa shape index (κ3) is 2.10. The van der Waals surface area contributed by atoms with Crippen molar-refractivity contribution in [1.82, 2.24) is 4.98 Å². The van der Waals surface area contributed by atoms with E-state index in [0.717, 1.165) is 36.4 Å². The average Bonchev–Trinajstić information content (AvgIpc) is 2.84. The Morgan fingerprint density at radius 3 is 3.05 bits per heavy atom. The molecule has 0 atom stereocenters. The molecule has 0 unspecified atom stereocenters. The van der Waals surface area contributed by atoms with Gasteiger partial charge in [-0.25, -0.2) is 4.98 Å². The number of nitrogens with zero attached hydrogens (tertiary/aromatic N) is 2. The number of methoxy groups -OCH3 is 1. The lowest BCUT2D eigenvalue weighted by molar-refractivity contribution is 0.392. The van der Waals surface area contributed by atoms with E-state index >= 15 is 0 Å². The van der Waals surface area contributed by atoms with E-state index in [2.05, 4.69) is 16.0 Å². The first-order chi connectivity index (χ1) is 9.29. The molecule has 0 radical (unpaired) electrons. The Bertz CT molecular complexity index is 598. The smallest absolute Gasteiger partial charge is 0.218 e. The van der Waals surface area contributed by atoms with Crippen LogP contribution in [0.4, 0.5) is 11.4 Å². The first-order valence-corrected chi connectivity index (χ1v) is 6.40. The molecular formula is C15H17N3O. The zero-order valence-corrected chi connectivity index (χ0v) is 11.0. The van der Waals surface area contributed by atoms with Gasteiger partial charge >= 0.3 is 0 Å². The fraction of sp³-hybridized carbons (Fsp3) is 0.267. The molecule has 0 aliphatic carbocycles. The molecule has 0 saturated carbocycles. The summed E-state index contributed by atoms with van der Waals surface area (Å²) in [5.74, 6) is 0.686. The molecule has 19 heavy (non-hydrogen) atoms. The van der Waals surface area contributed by atoms with E-state index in [0.29, 0.717) is 5.88 Å². The zero-order valence-electron chi connectivity index (χ0n) is 11.0. The third-order valence-corrected chi connectivity index (χ3v) is 3.52. The topological polar surface area (TPSA) is 51.4 Å². The van der Waals surface area contributed by atoms with Crippen molar-refractivity contribution in [3.63, 3.8) is 0 Å². The van der Waals surface area contributed by atoms with Crippen LogP contribution in [0.25, 0.3) is 0 Å². The predicted molar refractivity (Wildman–Crippen MR) is 76.4 cm³/mol. The maximum Gasteiger partial charge on any atom is 0.218 e. The highest BCUT2D eigenvalue weighted by atomic mass is 16.5. The summed E-state index contributed by atoms with van der Waals surface area (Å²) in [6.07, 6.45) is 2.79. The van der Waals surface area contributed by atoms with Crippen LogP contribution in [0.5, 0.6) is 5.88 Å². The second-order valence-corrected chi connectivity index (χ2v) is 4.70. The zero-order chi connectivity index (χ0) is 13.2. The molecule has 2 aromatic rings. The molecule has 98 valence electrons. The Balaban J connectivity index is 1.91. The van der Waals surface area contributed by atoms with Crippen LogP contribution in [-0.2, 0) is 13.0 Å². The first kappa shape index (κ1) is 11.8. The van der Waals surface area contributed by atoms with Crippen LogP contribution in [0.2, 0.25) is 0 Å². The minimum absolute atomic E-state index is 0.686. The van der Waals surface area contributed by atoms with E-state index < -0.39 is 0 Å². The number of aromatic nitrogens is 1. The fourth-order valence-corrected chi connectivity index (χ4v) is 2.66. The minimum Gasteiger partial charge on any atom is -0.481 e. The molecule has 1 aromatic heterocycles. The Morgan fingerprint density at radius 2 is 2.21 bits per heavy atom. The van der Waals surface area contributed by atoms with E-state index in [9.17, 15) is 0 Å². The standard InChI is InChI=1S/C15H17N3O/c1-19-15-12(5-3-8-17-15)10-18-9-7-11-4-2-6-13(16)14(11)18/h2-6,8H,7,9-10,16H2,1H3. The number of nitrogens with two attached hydrogens (primary N) is 1. The highest BCUT2D eigenvalue weighted by molar-refractivity contribution is 5.74. The van der Waals surface area contributed by atoms with Gasteiger partial charge in [-0.15, -0.1) is 0 Å². The highest BCUT2D eigenvalue weighted by Crippen LogP contribution is 2.35. The van der Waals surface area contributed by atoms with Gasteiger partial charge in [0.15, 0.2) is 0 Å². The molecule has 3 rings (SSSR count). The average molecular weight is 255 g/mol. The quantitative estimate of drug-likeness (QED) is 0.855. The van der Waals surface area contributed by atoms with E-state index in [-0.39, 0.29) is 0 Å². The molecule has 0 spiro atoms. The second-order valence-electron chi connectivity index (χ2n) is 4.70. The van der Waals surface area contributed by atoms with Gasteiger partial charge in [0.05, 0.1) is 18.5 Å². The molecule has 0 fully saturated rings. The van der Waals surface area contributed by atoms with Gasteiger partial charge in [-0.05, 0) is 24.1 Å². The summed E-state index contributed by atoms with van der Waals surface area (Å²) in [6.45, 7) is 1.76. The van der Waals surface area contributed by atoms with Crippen molar-refractivity contribution in [3.05, 3.63) is 47.7 Å². The van der Waals surface area contributed by atoms with Gasteiger partial charge in [-0.2, -0.15) is 0 Å². The number of para-hydroxylation sites is 1. The lowest BCUT2D eigenvalue weighted by atomic mass is 10.1. The monoisotopic (exact) mass is 255 g/mol. The molecular weight excluding hydrogens is 238 g/mol. The summed E-state index contributed by atoms with van der Waals surface area (Å²) >= 11 is 0. The van der Waals surface area contributed by atoms with Crippen LogP contribution < -0.4 is 15.4 Å². The maximum absolute atomic E-state index is 6.10. The Kier molecular flexibility index (Phi) is 2.99. The molecule has 0 saturated heterocycles. The van der Waals surface area contributed by atoms with Crippen LogP contribution in [-0.4, -0.2) is 18.6 Å². The van der Waals surface area contributed by atoms with Crippen molar-refractivity contribution in [1.29, 1.82) is 0 Å². The Labute approximate surface area is 112 Å². The van der Waals surface area contributed by atoms with Gasteiger partial charge < -0.3 is 15.4 Å². The lowest BCUT2D eigenvalue weighted by Gasteiger charge is -2.21. The van der Waals surface area contributed by atoms with Crippen molar-refractivity contribution in [2.24, 2.45) is 0 Å². The number of ether oxygens (including phenoxy) is 1. The molecule has 1 aromatic carbocycles. The normalized spacial score (nSPS) is 13.4. The number of pyridine rings is 1. The number of benzene rings is 1. The Hall–Kier alpha value is -2.23. The van der Waals surface area contributed by atoms with Crippen molar-refractivity contribution < 1.29 is 4.74 Å². The maximum atomic E-state index is 6.10. The second kappa shape index (κ2) is 4.80. The van der Waals surface area contributed by atoms with Gasteiger partial charge in [0.25, 0.3) is 0 Å². The summed E-state index contributed by atoms with van der Waals surface area (Å²) in [4.78, 5) is 6.53. The van der Waals surface area contributed by atoms with E-state index in [1.165, 1.54) is 5.56 Å². The SMILES string of the molecule is COc1ncccc1CN1CCc2cccc(N)c21. The molecule has 4 heteroatoms. The number of fused-ring (bicyclic) bond motifs is 1. The first-order valence-electron chi connectivity index (χ1n) is 6.40. The lowest BCUT2D eigenvalue weighted by Crippen LogP contribution is -2.21. The predicted octanol–water partition coefficient (Wildman–Crippen LogP) is 2.24. The van der Waals surface area contributed by atoms with Crippen LogP contribution >= 0.6 is 0 Å². The van der Waals surface area contributed by atoms with Gasteiger partial charge in [0.2, 0.25) is 5.88 Å². The molecule has 1 aliphatic rings.